The van der Waals surface area contributed by atoms with Crippen LogP contribution in [0.15, 0.2) is 18.2 Å². The number of aryl methyl sites for hydroxylation is 1. The average molecular weight is 218 g/mol. The van der Waals surface area contributed by atoms with E-state index in [4.69, 9.17) is 0 Å². The average Bonchev–Trinajstić information content (AvgIpc) is 2.24. The maximum absolute atomic E-state index is 3.47. The largest absolute Gasteiger partial charge is 0.310 e. The lowest BCUT2D eigenvalue weighted by molar-refractivity contribution is 0.569. The summed E-state index contributed by atoms with van der Waals surface area (Å²) in [5.74, 6) is 0.773. The Morgan fingerprint density at radius 1 is 1.19 bits per heavy atom. The standard InChI is InChI=1S/C15H24N/c1-12(2)9-10-14-7-5-6-8-15(14)11-16-13(3)4/h5,7-8,12-13,16H,9-11H2,1-4H3. The van der Waals surface area contributed by atoms with Crippen LogP contribution in [-0.4, -0.2) is 6.04 Å². The Kier molecular flexibility index (Phi) is 5.54. The first-order valence-corrected chi connectivity index (χ1v) is 6.31. The molecular weight excluding hydrogens is 194 g/mol. The van der Waals surface area contributed by atoms with Crippen LogP contribution < -0.4 is 5.32 Å². The Labute approximate surface area is 100 Å². The summed E-state index contributed by atoms with van der Waals surface area (Å²) in [4.78, 5) is 0. The third kappa shape index (κ3) is 4.80. The molecule has 0 heterocycles. The first kappa shape index (κ1) is 13.2. The molecule has 0 atom stereocenters. The topological polar surface area (TPSA) is 12.0 Å². The van der Waals surface area contributed by atoms with Gasteiger partial charge in [0.05, 0.1) is 0 Å². The molecule has 16 heavy (non-hydrogen) atoms. The van der Waals surface area contributed by atoms with Crippen molar-refractivity contribution in [2.45, 2.75) is 53.1 Å². The summed E-state index contributed by atoms with van der Waals surface area (Å²) in [6.45, 7) is 9.88. The van der Waals surface area contributed by atoms with E-state index >= 15 is 0 Å². The van der Waals surface area contributed by atoms with E-state index in [0.29, 0.717) is 6.04 Å². The molecule has 1 rings (SSSR count). The van der Waals surface area contributed by atoms with Crippen LogP contribution in [0.2, 0.25) is 0 Å². The predicted octanol–water partition coefficient (Wildman–Crippen LogP) is 3.57. The van der Waals surface area contributed by atoms with E-state index < -0.39 is 0 Å². The number of hydrogen-bond donors (Lipinski definition) is 1. The first-order chi connectivity index (χ1) is 7.59. The van der Waals surface area contributed by atoms with Gasteiger partial charge in [-0.1, -0.05) is 39.8 Å². The van der Waals surface area contributed by atoms with Gasteiger partial charge in [-0.15, -0.1) is 0 Å². The molecule has 0 spiro atoms. The highest BCUT2D eigenvalue weighted by molar-refractivity contribution is 5.26. The zero-order valence-electron chi connectivity index (χ0n) is 11.0. The summed E-state index contributed by atoms with van der Waals surface area (Å²) in [6, 6.07) is 10.1. The van der Waals surface area contributed by atoms with E-state index in [1.54, 1.807) is 0 Å². The number of nitrogens with one attached hydrogen (secondary N) is 1. The van der Waals surface area contributed by atoms with Gasteiger partial charge in [0.2, 0.25) is 0 Å². The molecule has 89 valence electrons. The van der Waals surface area contributed by atoms with E-state index in [1.165, 1.54) is 24.0 Å². The highest BCUT2D eigenvalue weighted by Gasteiger charge is 2.03. The van der Waals surface area contributed by atoms with Crippen LogP contribution in [0.4, 0.5) is 0 Å². The van der Waals surface area contributed by atoms with Gasteiger partial charge in [-0.3, -0.25) is 0 Å². The van der Waals surface area contributed by atoms with Crippen molar-refractivity contribution in [3.05, 3.63) is 35.4 Å². The second kappa shape index (κ2) is 6.70. The summed E-state index contributed by atoms with van der Waals surface area (Å²) in [5, 5.41) is 3.47. The molecule has 0 aliphatic rings. The number of rotatable bonds is 6. The minimum Gasteiger partial charge on any atom is -0.310 e. The maximum Gasteiger partial charge on any atom is 0.0210 e. The van der Waals surface area contributed by atoms with Gasteiger partial charge < -0.3 is 5.32 Å². The molecule has 0 bridgehead atoms. The van der Waals surface area contributed by atoms with Crippen molar-refractivity contribution in [3.8, 4) is 0 Å². The SMILES string of the molecule is CC(C)CCc1cc[c]cc1CNC(C)C. The van der Waals surface area contributed by atoms with Crippen LogP contribution in [0.5, 0.6) is 0 Å². The fourth-order valence-corrected chi connectivity index (χ4v) is 1.66. The molecule has 0 saturated heterocycles. The third-order valence-electron chi connectivity index (χ3n) is 2.74. The summed E-state index contributed by atoms with van der Waals surface area (Å²) in [6.07, 6.45) is 2.44. The molecule has 0 aliphatic carbocycles. The summed E-state index contributed by atoms with van der Waals surface area (Å²) >= 11 is 0. The number of hydrogen-bond acceptors (Lipinski definition) is 1. The Balaban J connectivity index is 2.60. The summed E-state index contributed by atoms with van der Waals surface area (Å²) in [7, 11) is 0. The minimum absolute atomic E-state index is 0.540. The lowest BCUT2D eigenvalue weighted by Gasteiger charge is -2.13. The normalized spacial score (nSPS) is 11.4. The zero-order chi connectivity index (χ0) is 12.0. The van der Waals surface area contributed by atoms with E-state index in [-0.39, 0.29) is 0 Å². The van der Waals surface area contributed by atoms with Crippen molar-refractivity contribution in [1.82, 2.24) is 5.32 Å². The third-order valence-corrected chi connectivity index (χ3v) is 2.74. The minimum atomic E-state index is 0.540. The van der Waals surface area contributed by atoms with Gasteiger partial charge in [0, 0.05) is 12.6 Å². The molecule has 0 saturated carbocycles. The van der Waals surface area contributed by atoms with Crippen molar-refractivity contribution in [1.29, 1.82) is 0 Å². The van der Waals surface area contributed by atoms with Crippen LogP contribution in [-0.2, 0) is 13.0 Å². The fraction of sp³-hybridized carbons (Fsp3) is 0.600. The highest BCUT2D eigenvalue weighted by Crippen LogP contribution is 2.13. The van der Waals surface area contributed by atoms with E-state index in [1.807, 2.05) is 6.07 Å². The van der Waals surface area contributed by atoms with Crippen molar-refractivity contribution in [2.24, 2.45) is 5.92 Å². The van der Waals surface area contributed by atoms with E-state index in [2.05, 4.69) is 51.2 Å². The van der Waals surface area contributed by atoms with Crippen LogP contribution >= 0.6 is 0 Å². The predicted molar refractivity (Wildman–Crippen MR) is 70.4 cm³/mol. The maximum atomic E-state index is 3.47. The van der Waals surface area contributed by atoms with Gasteiger partial charge in [-0.05, 0) is 42.0 Å². The van der Waals surface area contributed by atoms with Gasteiger partial charge in [-0.25, -0.2) is 0 Å². The molecule has 0 amide bonds. The molecule has 1 aromatic rings. The second-order valence-electron chi connectivity index (χ2n) is 5.16. The molecular formula is C15H24N. The molecule has 1 aromatic carbocycles. The van der Waals surface area contributed by atoms with Crippen LogP contribution in [0.25, 0.3) is 0 Å². The Hall–Kier alpha value is -0.820. The van der Waals surface area contributed by atoms with Crippen molar-refractivity contribution in [2.75, 3.05) is 0 Å². The fourth-order valence-electron chi connectivity index (χ4n) is 1.66. The summed E-state index contributed by atoms with van der Waals surface area (Å²) in [5.41, 5.74) is 2.87. The highest BCUT2D eigenvalue weighted by atomic mass is 14.9. The van der Waals surface area contributed by atoms with Crippen molar-refractivity contribution in [3.63, 3.8) is 0 Å². The Bertz CT molecular complexity index is 271. The zero-order valence-corrected chi connectivity index (χ0v) is 11.0. The molecule has 1 heteroatoms. The molecule has 0 unspecified atom stereocenters. The van der Waals surface area contributed by atoms with Crippen LogP contribution in [0.1, 0.15) is 45.2 Å². The molecule has 1 radical (unpaired) electrons. The molecule has 0 fully saturated rings. The van der Waals surface area contributed by atoms with Crippen LogP contribution in [0.3, 0.4) is 0 Å². The second-order valence-corrected chi connectivity index (χ2v) is 5.16. The van der Waals surface area contributed by atoms with E-state index in [9.17, 15) is 0 Å². The lowest BCUT2D eigenvalue weighted by atomic mass is 9.98. The smallest absolute Gasteiger partial charge is 0.0210 e. The van der Waals surface area contributed by atoms with Gasteiger partial charge >= 0.3 is 0 Å². The van der Waals surface area contributed by atoms with Crippen LogP contribution in [0, 0.1) is 12.0 Å². The summed E-state index contributed by atoms with van der Waals surface area (Å²) < 4.78 is 0. The van der Waals surface area contributed by atoms with E-state index in [0.717, 1.165) is 12.5 Å². The number of benzene rings is 1. The molecule has 1 nitrogen and oxygen atoms in total. The molecule has 0 aliphatic heterocycles. The molecule has 1 N–H and O–H groups in total. The van der Waals surface area contributed by atoms with Gasteiger partial charge in [0.1, 0.15) is 0 Å². The van der Waals surface area contributed by atoms with Gasteiger partial charge in [-0.2, -0.15) is 0 Å². The van der Waals surface area contributed by atoms with Gasteiger partial charge in [0.25, 0.3) is 0 Å². The van der Waals surface area contributed by atoms with Crippen molar-refractivity contribution < 1.29 is 0 Å². The quantitative estimate of drug-likeness (QED) is 0.769. The first-order valence-electron chi connectivity index (χ1n) is 6.31. The Morgan fingerprint density at radius 3 is 2.56 bits per heavy atom. The lowest BCUT2D eigenvalue weighted by Crippen LogP contribution is -2.22. The van der Waals surface area contributed by atoms with Crippen molar-refractivity contribution >= 4 is 0 Å². The molecule has 0 aromatic heterocycles. The van der Waals surface area contributed by atoms with Gasteiger partial charge in [0.15, 0.2) is 0 Å². The monoisotopic (exact) mass is 218 g/mol. The Morgan fingerprint density at radius 2 is 1.94 bits per heavy atom.